The fraction of sp³-hybridized carbons (Fsp3) is 0.464. The molecule has 5 atom stereocenters. The summed E-state index contributed by atoms with van der Waals surface area (Å²) in [4.78, 5) is 41.5. The normalized spacial score (nSPS) is 28.6. The van der Waals surface area contributed by atoms with E-state index >= 15 is 4.11 Å². The van der Waals surface area contributed by atoms with E-state index in [0.717, 1.165) is 5.56 Å². The highest BCUT2D eigenvalue weighted by Gasteiger charge is 2.66. The molecule has 10 heteroatoms. The minimum Gasteiger partial charge on any atom is -0.441 e. The van der Waals surface area contributed by atoms with Gasteiger partial charge in [-0.15, -0.1) is 0 Å². The van der Waals surface area contributed by atoms with Crippen molar-refractivity contribution in [2.24, 2.45) is 5.92 Å². The van der Waals surface area contributed by atoms with Gasteiger partial charge in [0, 0.05) is 36.2 Å². The number of fused-ring (bicyclic) bond motifs is 2. The highest BCUT2D eigenvalue weighted by atomic mass is 28.4. The van der Waals surface area contributed by atoms with Gasteiger partial charge in [0.1, 0.15) is 0 Å². The molecular weight excluding hydrogens is 507 g/mol. The van der Waals surface area contributed by atoms with E-state index < -0.39 is 43.8 Å². The number of aliphatic hydroxyl groups excluding tert-OH is 1. The molecule has 8 nitrogen and oxygen atoms in total. The molecule has 2 aromatic rings. The summed E-state index contributed by atoms with van der Waals surface area (Å²) < 4.78 is 27.6. The van der Waals surface area contributed by atoms with Crippen LogP contribution in [0.1, 0.15) is 37.8 Å². The van der Waals surface area contributed by atoms with E-state index in [-0.39, 0.29) is 31.3 Å². The fourth-order valence-corrected chi connectivity index (χ4v) is 9.03. The largest absolute Gasteiger partial charge is 0.441 e. The van der Waals surface area contributed by atoms with Crippen LogP contribution >= 0.6 is 0 Å². The Labute approximate surface area is 222 Å². The van der Waals surface area contributed by atoms with E-state index in [1.807, 2.05) is 37.3 Å². The number of aliphatic hydroxyl groups is 1. The van der Waals surface area contributed by atoms with Crippen LogP contribution in [0.3, 0.4) is 0 Å². The van der Waals surface area contributed by atoms with Gasteiger partial charge in [0.05, 0.1) is 24.8 Å². The zero-order valence-corrected chi connectivity index (χ0v) is 23.0. The zero-order valence-electron chi connectivity index (χ0n) is 22.0. The Balaban J connectivity index is 1.63. The Morgan fingerprint density at radius 3 is 2.53 bits per heavy atom. The van der Waals surface area contributed by atoms with Crippen LogP contribution in [0.5, 0.6) is 0 Å². The van der Waals surface area contributed by atoms with Crippen molar-refractivity contribution in [1.82, 2.24) is 0 Å². The van der Waals surface area contributed by atoms with Gasteiger partial charge in [-0.3, -0.25) is 19.3 Å². The first-order valence-electron chi connectivity index (χ1n) is 13.0. The van der Waals surface area contributed by atoms with E-state index in [4.69, 9.17) is 9.47 Å². The van der Waals surface area contributed by atoms with Crippen molar-refractivity contribution in [3.05, 3.63) is 59.7 Å². The molecule has 202 valence electrons. The molecule has 1 N–H and O–H groups in total. The zero-order chi connectivity index (χ0) is 27.4. The number of halogens is 1. The Morgan fingerprint density at radius 1 is 1.21 bits per heavy atom. The molecule has 2 amide bonds. The predicted octanol–water partition coefficient (Wildman–Crippen LogP) is 4.02. The van der Waals surface area contributed by atoms with Gasteiger partial charge in [-0.1, -0.05) is 37.3 Å². The molecular formula is C28H33FN2O6Si. The van der Waals surface area contributed by atoms with Gasteiger partial charge in [0.25, 0.3) is 5.91 Å². The van der Waals surface area contributed by atoms with Crippen molar-refractivity contribution in [3.63, 3.8) is 0 Å². The number of ether oxygens (including phenoxy) is 2. The summed E-state index contributed by atoms with van der Waals surface area (Å²) in [5.41, 5.74) is 0.615. The smallest absolute Gasteiger partial charge is 0.304 e. The summed E-state index contributed by atoms with van der Waals surface area (Å²) >= 11 is 0. The van der Waals surface area contributed by atoms with Crippen LogP contribution in [0.4, 0.5) is 15.5 Å². The highest BCUT2D eigenvalue weighted by molar-refractivity contribution is 6.72. The number of hydrogen-bond donors (Lipinski definition) is 1. The first-order chi connectivity index (χ1) is 18.0. The lowest BCUT2D eigenvalue weighted by molar-refractivity contribution is -0.153. The minimum atomic E-state index is -3.33. The molecule has 2 aromatic carbocycles. The molecule has 0 bridgehead atoms. The van der Waals surface area contributed by atoms with Gasteiger partial charge in [-0.25, -0.2) is 0 Å². The van der Waals surface area contributed by atoms with Crippen LogP contribution < -0.4 is 9.80 Å². The van der Waals surface area contributed by atoms with Crippen LogP contribution in [0.15, 0.2) is 48.5 Å². The van der Waals surface area contributed by atoms with Crippen molar-refractivity contribution in [3.8, 4) is 0 Å². The first-order valence-corrected chi connectivity index (χ1v) is 15.9. The average Bonchev–Trinajstić information content (AvgIpc) is 3.26. The fourth-order valence-electron chi connectivity index (χ4n) is 6.49. The number of β-lactam (4-membered cyclic amide) rings is 1. The summed E-state index contributed by atoms with van der Waals surface area (Å²) in [7, 11) is -3.33. The molecule has 0 aromatic heterocycles. The van der Waals surface area contributed by atoms with Crippen molar-refractivity contribution in [2.75, 3.05) is 16.4 Å². The molecule has 5 rings (SSSR count). The topological polar surface area (TPSA) is 96.4 Å². The maximum atomic E-state index is 15.7. The molecule has 0 aliphatic carbocycles. The lowest BCUT2D eigenvalue weighted by atomic mass is 9.82. The minimum absolute atomic E-state index is 0.0794. The SMILES string of the molecule is CC(=O)OC1CC(=O)N1c1ccc2c(c1)[C@@]1(O[C@H](CCO)[C@@H]([Si](C)(C)F)[C@@H]1C)C(=O)N2Cc1ccccc1. The quantitative estimate of drug-likeness (QED) is 0.247. The number of hydrogen-bond acceptors (Lipinski definition) is 6. The number of amides is 2. The first kappa shape index (κ1) is 26.5. The number of rotatable bonds is 7. The second kappa shape index (κ2) is 9.59. The Hall–Kier alpha value is -3.08. The summed E-state index contributed by atoms with van der Waals surface area (Å²) in [6.45, 7) is 6.48. The van der Waals surface area contributed by atoms with Crippen molar-refractivity contribution >= 4 is 37.6 Å². The third-order valence-electron chi connectivity index (χ3n) is 8.03. The second-order valence-electron chi connectivity index (χ2n) is 10.9. The number of esters is 1. The number of anilines is 2. The monoisotopic (exact) mass is 540 g/mol. The van der Waals surface area contributed by atoms with Crippen LogP contribution in [-0.2, 0) is 36.0 Å². The predicted molar refractivity (Wildman–Crippen MR) is 141 cm³/mol. The molecule has 3 aliphatic heterocycles. The van der Waals surface area contributed by atoms with E-state index in [2.05, 4.69) is 0 Å². The lowest BCUT2D eigenvalue weighted by Crippen LogP contribution is -2.55. The van der Waals surface area contributed by atoms with Crippen molar-refractivity contribution in [1.29, 1.82) is 0 Å². The van der Waals surface area contributed by atoms with Crippen molar-refractivity contribution < 1.29 is 33.1 Å². The number of carbonyl (C=O) groups excluding carboxylic acids is 3. The third-order valence-corrected chi connectivity index (χ3v) is 10.5. The van der Waals surface area contributed by atoms with E-state index in [1.54, 1.807) is 36.2 Å². The van der Waals surface area contributed by atoms with Gasteiger partial charge in [0.2, 0.25) is 14.3 Å². The van der Waals surface area contributed by atoms with Crippen LogP contribution in [-0.4, -0.2) is 50.2 Å². The lowest BCUT2D eigenvalue weighted by Gasteiger charge is -2.39. The van der Waals surface area contributed by atoms with Gasteiger partial charge >= 0.3 is 5.97 Å². The standard InChI is InChI=1S/C28H33FN2O6Si/c1-17-26(38(3,4)29)23(12-13-32)37-28(17)21-14-20(31-24(34)15-25(31)36-18(2)33)10-11-22(21)30(27(28)35)16-19-8-6-5-7-9-19/h5-11,14,17,23,25-26,32H,12-13,15-16H2,1-4H3/t17-,23+,25?,26-,28+/m0/s1. The molecule has 0 radical (unpaired) electrons. The average molecular weight is 541 g/mol. The van der Waals surface area contributed by atoms with Crippen LogP contribution in [0, 0.1) is 5.92 Å². The van der Waals surface area contributed by atoms with Gasteiger partial charge < -0.3 is 23.6 Å². The number of nitrogens with zero attached hydrogens (tertiary/aromatic N) is 2. The summed E-state index contributed by atoms with van der Waals surface area (Å²) in [5.74, 6) is -1.49. The molecule has 3 heterocycles. The molecule has 2 fully saturated rings. The van der Waals surface area contributed by atoms with Crippen molar-refractivity contribution in [2.45, 2.75) is 69.8 Å². The maximum absolute atomic E-state index is 15.7. The molecule has 38 heavy (non-hydrogen) atoms. The van der Waals surface area contributed by atoms with Crippen LogP contribution in [0.25, 0.3) is 0 Å². The van der Waals surface area contributed by atoms with E-state index in [1.165, 1.54) is 11.8 Å². The summed E-state index contributed by atoms with van der Waals surface area (Å²) in [6.07, 6.45) is -1.05. The van der Waals surface area contributed by atoms with E-state index in [9.17, 15) is 19.5 Å². The van der Waals surface area contributed by atoms with Gasteiger partial charge in [-0.2, -0.15) is 0 Å². The van der Waals surface area contributed by atoms with Gasteiger partial charge in [-0.05, 0) is 43.3 Å². The Morgan fingerprint density at radius 2 is 1.92 bits per heavy atom. The Bertz CT molecular complexity index is 1270. The molecule has 2 saturated heterocycles. The van der Waals surface area contributed by atoms with Gasteiger partial charge in [0.15, 0.2) is 11.8 Å². The molecule has 0 saturated carbocycles. The maximum Gasteiger partial charge on any atom is 0.304 e. The van der Waals surface area contributed by atoms with E-state index in [0.29, 0.717) is 23.5 Å². The Kier molecular flexibility index (Phi) is 6.69. The molecule has 1 spiro atoms. The number of carbonyl (C=O) groups is 3. The number of benzene rings is 2. The summed E-state index contributed by atoms with van der Waals surface area (Å²) in [5, 5.41) is 9.75. The second-order valence-corrected chi connectivity index (χ2v) is 14.7. The third kappa shape index (κ3) is 4.15. The highest BCUT2D eigenvalue weighted by Crippen LogP contribution is 2.60. The molecule has 3 aliphatic rings. The van der Waals surface area contributed by atoms with Crippen LogP contribution in [0.2, 0.25) is 18.6 Å². The summed E-state index contributed by atoms with van der Waals surface area (Å²) in [6, 6.07) is 14.8. The molecule has 1 unspecified atom stereocenters.